The van der Waals surface area contributed by atoms with Crippen molar-refractivity contribution in [3.05, 3.63) is 11.8 Å². The molecule has 2 fully saturated rings. The molecule has 148 valence electrons. The maximum Gasteiger partial charge on any atom is 0.524 e. The lowest BCUT2D eigenvalue weighted by Gasteiger charge is -2.52. The largest absolute Gasteiger partial charge is 0.524 e. The van der Waals surface area contributed by atoms with Crippen LogP contribution in [0.25, 0.3) is 0 Å². The number of hydrogen-bond acceptors (Lipinski definition) is 4. The summed E-state index contributed by atoms with van der Waals surface area (Å²) in [5.74, 6) is 0. The van der Waals surface area contributed by atoms with Crippen molar-refractivity contribution in [1.82, 2.24) is 5.32 Å². The molecule has 1 N–H and O–H groups in total. The first kappa shape index (κ1) is 21.2. The molecule has 1 aliphatic heterocycles. The molecule has 1 aliphatic carbocycles. The van der Waals surface area contributed by atoms with Gasteiger partial charge in [0.15, 0.2) is 0 Å². The molecule has 5 nitrogen and oxygen atoms in total. The quantitative estimate of drug-likeness (QED) is 0.742. The summed E-state index contributed by atoms with van der Waals surface area (Å²) in [6, 6.07) is 0. The topological polar surface area (TPSA) is 56.8 Å². The van der Waals surface area contributed by atoms with E-state index in [2.05, 4.69) is 19.2 Å². The second-order valence-electron chi connectivity index (χ2n) is 10.4. The monoisotopic (exact) mass is 369 g/mol. The average molecular weight is 369 g/mol. The molecular weight excluding hydrogens is 336 g/mol. The first-order valence-electron chi connectivity index (χ1n) is 9.21. The normalized spacial score (nSPS) is 26.2. The molecule has 26 heavy (non-hydrogen) atoms. The number of carbonyl (C=O) groups is 1. The van der Waals surface area contributed by atoms with Gasteiger partial charge in [0.25, 0.3) is 0 Å². The number of amides is 1. The van der Waals surface area contributed by atoms with Crippen LogP contribution in [0.2, 0.25) is 0 Å². The summed E-state index contributed by atoms with van der Waals surface area (Å²) in [5, 5.41) is 2.85. The smallest absolute Gasteiger partial charge is 0.444 e. The molecule has 1 amide bonds. The van der Waals surface area contributed by atoms with Crippen LogP contribution in [0.1, 0.15) is 75.2 Å². The Labute approximate surface area is 157 Å². The Morgan fingerprint density at radius 3 is 1.92 bits per heavy atom. The third-order valence-corrected chi connectivity index (χ3v) is 5.23. The van der Waals surface area contributed by atoms with E-state index in [1.54, 1.807) is 20.8 Å². The standard InChI is InChI=1S/C19H33BFNO4/c1-15(2,3)24-14(23)22-19(11-16(4,5)12-19)10-13(21)20-25-17(6,7)18(8,9)26-20/h10H,11-12H2,1-9H3,(H,22,23). The molecule has 2 aliphatic rings. The van der Waals surface area contributed by atoms with Gasteiger partial charge >= 0.3 is 13.2 Å². The van der Waals surface area contributed by atoms with Crippen LogP contribution in [-0.4, -0.2) is 35.6 Å². The number of hydrogen-bond donors (Lipinski definition) is 1. The lowest BCUT2D eigenvalue weighted by atomic mass is 9.58. The Hall–Kier alpha value is -1.08. The van der Waals surface area contributed by atoms with Crippen molar-refractivity contribution in [2.24, 2.45) is 5.41 Å². The third kappa shape index (κ3) is 4.60. The van der Waals surface area contributed by atoms with Crippen LogP contribution in [0, 0.1) is 5.41 Å². The first-order chi connectivity index (χ1) is 11.5. The Morgan fingerprint density at radius 2 is 1.54 bits per heavy atom. The van der Waals surface area contributed by atoms with E-state index in [0.717, 1.165) is 0 Å². The minimum Gasteiger partial charge on any atom is -0.444 e. The van der Waals surface area contributed by atoms with Gasteiger partial charge < -0.3 is 19.4 Å². The van der Waals surface area contributed by atoms with E-state index in [9.17, 15) is 9.18 Å². The molecule has 0 radical (unpaired) electrons. The van der Waals surface area contributed by atoms with Crippen molar-refractivity contribution in [3.8, 4) is 0 Å². The SMILES string of the molecule is CC1(C)CC(C=C(F)B2OC(C)(C)C(C)(C)O2)(NC(=O)OC(C)(C)C)C1. The molecule has 7 heteroatoms. The zero-order valence-corrected chi connectivity index (χ0v) is 17.6. The van der Waals surface area contributed by atoms with Gasteiger partial charge in [-0.1, -0.05) is 13.8 Å². The summed E-state index contributed by atoms with van der Waals surface area (Å²) < 4.78 is 31.9. The Balaban J connectivity index is 2.18. The minimum absolute atomic E-state index is 0.0156. The van der Waals surface area contributed by atoms with Crippen molar-refractivity contribution in [2.45, 2.75) is 97.5 Å². The first-order valence-corrected chi connectivity index (χ1v) is 9.21. The predicted octanol–water partition coefficient (Wildman–Crippen LogP) is 4.55. The number of nitrogens with one attached hydrogen (secondary N) is 1. The summed E-state index contributed by atoms with van der Waals surface area (Å²) in [6.45, 7) is 17.1. The van der Waals surface area contributed by atoms with Crippen molar-refractivity contribution in [1.29, 1.82) is 0 Å². The Bertz CT molecular complexity index is 583. The number of carbonyl (C=O) groups excluding carboxylic acids is 1. The maximum absolute atomic E-state index is 15.0. The van der Waals surface area contributed by atoms with E-state index < -0.39 is 41.3 Å². The van der Waals surface area contributed by atoms with Gasteiger partial charge in [-0.2, -0.15) is 0 Å². The molecule has 0 spiro atoms. The van der Waals surface area contributed by atoms with Crippen molar-refractivity contribution in [3.63, 3.8) is 0 Å². The van der Waals surface area contributed by atoms with Crippen LogP contribution in [0.3, 0.4) is 0 Å². The van der Waals surface area contributed by atoms with Crippen LogP contribution in [-0.2, 0) is 14.0 Å². The fourth-order valence-corrected chi connectivity index (χ4v) is 3.68. The number of ether oxygens (including phenoxy) is 1. The van der Waals surface area contributed by atoms with E-state index in [-0.39, 0.29) is 5.41 Å². The fourth-order valence-electron chi connectivity index (χ4n) is 3.68. The van der Waals surface area contributed by atoms with E-state index in [1.807, 2.05) is 27.7 Å². The average Bonchev–Trinajstić information content (AvgIpc) is 2.52. The minimum atomic E-state index is -1.07. The van der Waals surface area contributed by atoms with Crippen molar-refractivity contribution < 1.29 is 23.2 Å². The number of rotatable bonds is 3. The van der Waals surface area contributed by atoms with E-state index >= 15 is 0 Å². The van der Waals surface area contributed by atoms with Gasteiger partial charge in [-0.25, -0.2) is 9.18 Å². The molecule has 0 aromatic heterocycles. The summed E-state index contributed by atoms with van der Waals surface area (Å²) in [5.41, 5.74) is -3.14. The van der Waals surface area contributed by atoms with Gasteiger partial charge in [0.1, 0.15) is 11.3 Å². The molecular formula is C19H33BFNO4. The van der Waals surface area contributed by atoms with Gasteiger partial charge in [-0.3, -0.25) is 0 Å². The number of alkyl carbamates (subject to hydrolysis) is 1. The molecule has 0 atom stereocenters. The Morgan fingerprint density at radius 1 is 1.08 bits per heavy atom. The van der Waals surface area contributed by atoms with Gasteiger partial charge in [0, 0.05) is 0 Å². The highest BCUT2D eigenvalue weighted by molar-refractivity contribution is 6.53. The molecule has 1 heterocycles. The molecule has 0 aromatic carbocycles. The third-order valence-electron chi connectivity index (χ3n) is 5.23. The maximum atomic E-state index is 15.0. The molecule has 0 aromatic rings. The highest BCUT2D eigenvalue weighted by Gasteiger charge is 2.55. The van der Waals surface area contributed by atoms with Gasteiger partial charge in [-0.15, -0.1) is 0 Å². The molecule has 1 saturated carbocycles. The van der Waals surface area contributed by atoms with Crippen LogP contribution in [0.5, 0.6) is 0 Å². The summed E-state index contributed by atoms with van der Waals surface area (Å²) >= 11 is 0. The molecule has 0 unspecified atom stereocenters. The van der Waals surface area contributed by atoms with Crippen LogP contribution in [0.4, 0.5) is 9.18 Å². The van der Waals surface area contributed by atoms with E-state index in [4.69, 9.17) is 14.0 Å². The highest BCUT2D eigenvalue weighted by Crippen LogP contribution is 2.50. The van der Waals surface area contributed by atoms with Crippen LogP contribution < -0.4 is 5.32 Å². The molecule has 0 bridgehead atoms. The Kier molecular flexibility index (Phi) is 5.09. The lowest BCUT2D eigenvalue weighted by Crippen LogP contribution is -2.60. The summed E-state index contributed by atoms with van der Waals surface area (Å²) in [6.07, 6.45) is 2.12. The van der Waals surface area contributed by atoms with Crippen LogP contribution in [0.15, 0.2) is 11.8 Å². The predicted molar refractivity (Wildman–Crippen MR) is 100 cm³/mol. The van der Waals surface area contributed by atoms with Gasteiger partial charge in [0.2, 0.25) is 0 Å². The second-order valence-corrected chi connectivity index (χ2v) is 10.4. The zero-order chi connectivity index (χ0) is 20.2. The van der Waals surface area contributed by atoms with Crippen molar-refractivity contribution >= 4 is 13.2 Å². The van der Waals surface area contributed by atoms with Gasteiger partial charge in [0.05, 0.1) is 16.7 Å². The van der Waals surface area contributed by atoms with E-state index in [1.165, 1.54) is 6.08 Å². The summed E-state index contributed by atoms with van der Waals surface area (Å²) in [7, 11) is -1.07. The zero-order valence-electron chi connectivity index (χ0n) is 17.6. The number of halogens is 1. The van der Waals surface area contributed by atoms with E-state index in [0.29, 0.717) is 12.8 Å². The highest BCUT2D eigenvalue weighted by atomic mass is 19.1. The fraction of sp³-hybridized carbons (Fsp3) is 0.842. The molecule has 2 rings (SSSR count). The second kappa shape index (κ2) is 6.23. The molecule has 1 saturated heterocycles. The lowest BCUT2D eigenvalue weighted by molar-refractivity contribution is 0.00578. The summed E-state index contributed by atoms with van der Waals surface area (Å²) in [4.78, 5) is 12.2. The van der Waals surface area contributed by atoms with Gasteiger partial charge in [-0.05, 0) is 72.8 Å². The van der Waals surface area contributed by atoms with Crippen LogP contribution >= 0.6 is 0 Å². The van der Waals surface area contributed by atoms with Crippen molar-refractivity contribution in [2.75, 3.05) is 0 Å².